The van der Waals surface area contributed by atoms with Crippen LogP contribution in [-0.2, 0) is 9.53 Å². The standard InChI is InChI=1S/C23H19Cl2FN2O5S/c1-3-7-33-18-6-4-5-13(20(18)26)17-11-34-23(27-17)28-21(29)12-8-15(24)14(16(25)9-12)10-19(32-2)22(30)31/h4-6,8-11H,3,7H2,1-2H3,(H,30,31)(H,27,28,29). The fourth-order valence-electron chi connectivity index (χ4n) is 2.85. The Bertz CT molecular complexity index is 1240. The first kappa shape index (κ1) is 25.5. The quantitative estimate of drug-likeness (QED) is 0.249. The molecule has 34 heavy (non-hydrogen) atoms. The predicted octanol–water partition coefficient (Wildman–Crippen LogP) is 6.37. The molecule has 0 spiro atoms. The fraction of sp³-hybridized carbons (Fsp3) is 0.174. The highest BCUT2D eigenvalue weighted by molar-refractivity contribution is 7.14. The summed E-state index contributed by atoms with van der Waals surface area (Å²) < 4.78 is 25.0. The average Bonchev–Trinajstić information content (AvgIpc) is 3.25. The highest BCUT2D eigenvalue weighted by Crippen LogP contribution is 2.33. The van der Waals surface area contributed by atoms with Gasteiger partial charge in [-0.1, -0.05) is 36.2 Å². The fourth-order valence-corrected chi connectivity index (χ4v) is 4.15. The van der Waals surface area contributed by atoms with Crippen LogP contribution in [-0.4, -0.2) is 35.7 Å². The van der Waals surface area contributed by atoms with Gasteiger partial charge in [0.1, 0.15) is 0 Å². The second-order valence-corrected chi connectivity index (χ2v) is 8.50. The molecule has 1 aromatic heterocycles. The molecule has 0 aliphatic rings. The number of aliphatic carboxylic acids is 1. The van der Waals surface area contributed by atoms with Gasteiger partial charge in [-0.05, 0) is 36.8 Å². The molecule has 0 radical (unpaired) electrons. The Kier molecular flexibility index (Phi) is 8.49. The summed E-state index contributed by atoms with van der Waals surface area (Å²) in [4.78, 5) is 28.2. The van der Waals surface area contributed by atoms with Gasteiger partial charge in [0.05, 0.1) is 29.5 Å². The molecule has 2 N–H and O–H groups in total. The maximum absolute atomic E-state index is 14.8. The van der Waals surface area contributed by atoms with Gasteiger partial charge < -0.3 is 14.6 Å². The Balaban J connectivity index is 1.81. The van der Waals surface area contributed by atoms with Gasteiger partial charge >= 0.3 is 5.97 Å². The van der Waals surface area contributed by atoms with Crippen molar-refractivity contribution in [2.24, 2.45) is 0 Å². The number of carboxylic acid groups (broad SMARTS) is 1. The number of aromatic nitrogens is 1. The zero-order chi connectivity index (χ0) is 24.8. The molecule has 11 heteroatoms. The maximum atomic E-state index is 14.8. The Hall–Kier alpha value is -3.14. The van der Waals surface area contributed by atoms with Crippen LogP contribution in [0.2, 0.25) is 10.0 Å². The molecule has 0 aliphatic carbocycles. The summed E-state index contributed by atoms with van der Waals surface area (Å²) >= 11 is 13.6. The average molecular weight is 525 g/mol. The zero-order valence-electron chi connectivity index (χ0n) is 18.0. The molecule has 0 saturated carbocycles. The first-order valence-electron chi connectivity index (χ1n) is 9.91. The molecule has 2 aromatic carbocycles. The summed E-state index contributed by atoms with van der Waals surface area (Å²) in [6.45, 7) is 2.32. The number of carbonyl (C=O) groups is 2. The van der Waals surface area contributed by atoms with Crippen molar-refractivity contribution >= 4 is 57.6 Å². The molecular formula is C23H19Cl2FN2O5S. The van der Waals surface area contributed by atoms with Crippen molar-refractivity contribution in [3.05, 3.63) is 68.5 Å². The molecule has 1 heterocycles. The largest absolute Gasteiger partial charge is 0.491 e. The van der Waals surface area contributed by atoms with Gasteiger partial charge in [0.15, 0.2) is 16.7 Å². The number of halogens is 3. The van der Waals surface area contributed by atoms with Crippen LogP contribution in [0, 0.1) is 5.82 Å². The Morgan fingerprint density at radius 2 is 1.97 bits per heavy atom. The molecule has 7 nitrogen and oxygen atoms in total. The predicted molar refractivity (Wildman–Crippen MR) is 130 cm³/mol. The number of thiazole rings is 1. The maximum Gasteiger partial charge on any atom is 0.371 e. The summed E-state index contributed by atoms with van der Waals surface area (Å²) in [5, 5.41) is 13.7. The molecule has 1 amide bonds. The van der Waals surface area contributed by atoms with E-state index >= 15 is 0 Å². The molecule has 0 bridgehead atoms. The van der Waals surface area contributed by atoms with Crippen LogP contribution < -0.4 is 10.1 Å². The summed E-state index contributed by atoms with van der Waals surface area (Å²) in [6, 6.07) is 7.47. The van der Waals surface area contributed by atoms with Crippen molar-refractivity contribution in [3.8, 4) is 17.0 Å². The van der Waals surface area contributed by atoms with E-state index in [4.69, 9.17) is 37.8 Å². The van der Waals surface area contributed by atoms with Crippen LogP contribution in [0.25, 0.3) is 17.3 Å². The van der Waals surface area contributed by atoms with Gasteiger partial charge in [-0.3, -0.25) is 10.1 Å². The molecule has 3 aromatic rings. The van der Waals surface area contributed by atoms with E-state index in [9.17, 15) is 14.0 Å². The third kappa shape index (κ3) is 5.85. The molecule has 0 aliphatic heterocycles. The van der Waals surface area contributed by atoms with Crippen molar-refractivity contribution in [2.75, 3.05) is 19.0 Å². The number of carbonyl (C=O) groups excluding carboxylic acids is 1. The van der Waals surface area contributed by atoms with E-state index in [2.05, 4.69) is 10.3 Å². The van der Waals surface area contributed by atoms with E-state index in [1.807, 2.05) is 6.92 Å². The number of carboxylic acids is 1. The number of hydrogen-bond acceptors (Lipinski definition) is 6. The minimum atomic E-state index is -1.30. The Morgan fingerprint density at radius 3 is 2.59 bits per heavy atom. The van der Waals surface area contributed by atoms with Crippen molar-refractivity contribution in [2.45, 2.75) is 13.3 Å². The van der Waals surface area contributed by atoms with E-state index < -0.39 is 17.7 Å². The number of ether oxygens (including phenoxy) is 2. The van der Waals surface area contributed by atoms with E-state index in [1.54, 1.807) is 23.6 Å². The second kappa shape index (κ2) is 11.3. The number of methoxy groups -OCH3 is 1. The highest BCUT2D eigenvalue weighted by atomic mass is 35.5. The van der Waals surface area contributed by atoms with Crippen LogP contribution in [0.1, 0.15) is 29.3 Å². The number of nitrogens with zero attached hydrogens (tertiary/aromatic N) is 1. The van der Waals surface area contributed by atoms with Crippen LogP contribution in [0.3, 0.4) is 0 Å². The van der Waals surface area contributed by atoms with Crippen LogP contribution in [0.4, 0.5) is 9.52 Å². The van der Waals surface area contributed by atoms with Gasteiger partial charge in [-0.25, -0.2) is 14.2 Å². The molecule has 0 unspecified atom stereocenters. The first-order chi connectivity index (χ1) is 16.2. The normalized spacial score (nSPS) is 11.3. The monoisotopic (exact) mass is 524 g/mol. The number of rotatable bonds is 9. The van der Waals surface area contributed by atoms with E-state index in [0.717, 1.165) is 23.8 Å². The Morgan fingerprint density at radius 1 is 1.26 bits per heavy atom. The lowest BCUT2D eigenvalue weighted by Gasteiger charge is -2.09. The minimum absolute atomic E-state index is 0.0549. The highest BCUT2D eigenvalue weighted by Gasteiger charge is 2.18. The molecule has 0 saturated heterocycles. The third-order valence-electron chi connectivity index (χ3n) is 4.47. The third-order valence-corrected chi connectivity index (χ3v) is 5.86. The van der Waals surface area contributed by atoms with Crippen LogP contribution in [0.5, 0.6) is 5.75 Å². The second-order valence-electron chi connectivity index (χ2n) is 6.83. The van der Waals surface area contributed by atoms with Gasteiger partial charge in [0, 0.05) is 22.1 Å². The molecule has 0 atom stereocenters. The summed E-state index contributed by atoms with van der Waals surface area (Å²) in [7, 11) is 1.20. The summed E-state index contributed by atoms with van der Waals surface area (Å²) in [5.74, 6) is -2.61. The van der Waals surface area contributed by atoms with Gasteiger partial charge in [-0.15, -0.1) is 11.3 Å². The Labute approximate surface area is 208 Å². The van der Waals surface area contributed by atoms with Gasteiger partial charge in [0.25, 0.3) is 5.91 Å². The van der Waals surface area contributed by atoms with Crippen molar-refractivity contribution in [1.29, 1.82) is 0 Å². The topological polar surface area (TPSA) is 97.8 Å². The molecular weight excluding hydrogens is 506 g/mol. The molecule has 0 fully saturated rings. The first-order valence-corrected chi connectivity index (χ1v) is 11.5. The van der Waals surface area contributed by atoms with Crippen LogP contribution >= 0.6 is 34.5 Å². The van der Waals surface area contributed by atoms with Crippen molar-refractivity contribution in [3.63, 3.8) is 0 Å². The number of benzene rings is 2. The summed E-state index contributed by atoms with van der Waals surface area (Å²) in [5.41, 5.74) is 0.910. The lowest BCUT2D eigenvalue weighted by atomic mass is 10.1. The van der Waals surface area contributed by atoms with Crippen molar-refractivity contribution in [1.82, 2.24) is 4.98 Å². The molecule has 178 valence electrons. The van der Waals surface area contributed by atoms with Gasteiger partial charge in [-0.2, -0.15) is 0 Å². The minimum Gasteiger partial charge on any atom is -0.491 e. The van der Waals surface area contributed by atoms with E-state index in [-0.39, 0.29) is 43.4 Å². The lowest BCUT2D eigenvalue weighted by molar-refractivity contribution is -0.135. The number of hydrogen-bond donors (Lipinski definition) is 2. The molecule has 3 rings (SSSR count). The van der Waals surface area contributed by atoms with Crippen molar-refractivity contribution < 1.29 is 28.6 Å². The lowest BCUT2D eigenvalue weighted by Crippen LogP contribution is -2.12. The zero-order valence-corrected chi connectivity index (χ0v) is 20.4. The number of amides is 1. The number of nitrogens with one attached hydrogen (secondary N) is 1. The van der Waals surface area contributed by atoms with Crippen LogP contribution in [0.15, 0.2) is 41.5 Å². The summed E-state index contributed by atoms with van der Waals surface area (Å²) in [6.07, 6.45) is 1.91. The SMILES string of the molecule is CCCOc1cccc(-c2csc(NC(=O)c3cc(Cl)c(C=C(OC)C(=O)O)c(Cl)c3)n2)c1F. The number of anilines is 1. The van der Waals surface area contributed by atoms with E-state index in [1.165, 1.54) is 19.2 Å². The van der Waals surface area contributed by atoms with E-state index in [0.29, 0.717) is 12.3 Å². The smallest absolute Gasteiger partial charge is 0.371 e. The van der Waals surface area contributed by atoms with Gasteiger partial charge in [0.2, 0.25) is 5.76 Å².